The fourth-order valence-electron chi connectivity index (χ4n) is 2.61. The molecule has 0 amide bonds. The topological polar surface area (TPSA) is 37.0 Å². The monoisotopic (exact) mass is 246 g/mol. The third-order valence-electron chi connectivity index (χ3n) is 3.37. The Morgan fingerprint density at radius 1 is 1.33 bits per heavy atom. The minimum absolute atomic E-state index is 0.494. The highest BCUT2D eigenvalue weighted by Gasteiger charge is 2.16. The van der Waals surface area contributed by atoms with Gasteiger partial charge in [0.2, 0.25) is 0 Å². The Bertz CT molecular complexity index is 555. The molecule has 0 saturated carbocycles. The lowest BCUT2D eigenvalue weighted by Crippen LogP contribution is -2.08. The lowest BCUT2D eigenvalue weighted by Gasteiger charge is -2.08. The number of H-pyrrole nitrogens is 1. The van der Waals surface area contributed by atoms with E-state index in [1.807, 2.05) is 7.05 Å². The fourth-order valence-corrected chi connectivity index (χ4v) is 2.61. The summed E-state index contributed by atoms with van der Waals surface area (Å²) in [5.74, 6) is 1.42. The summed E-state index contributed by atoms with van der Waals surface area (Å²) < 4.78 is 5.38. The van der Waals surface area contributed by atoms with Crippen molar-refractivity contribution in [2.45, 2.75) is 33.2 Å². The number of aryl methyl sites for hydroxylation is 1. The van der Waals surface area contributed by atoms with Crippen LogP contribution in [0.3, 0.4) is 0 Å². The summed E-state index contributed by atoms with van der Waals surface area (Å²) in [6, 6.07) is 4.21. The average molecular weight is 246 g/mol. The summed E-state index contributed by atoms with van der Waals surface area (Å²) in [5, 5.41) is 4.51. The van der Waals surface area contributed by atoms with E-state index >= 15 is 0 Å². The normalized spacial score (nSPS) is 11.4. The number of aromatic amines is 1. The highest BCUT2D eigenvalue weighted by atomic mass is 16.5. The molecular formula is C15H22N2O. The van der Waals surface area contributed by atoms with Gasteiger partial charge >= 0.3 is 0 Å². The SMILES string of the molecule is CNCc1[nH]c2c(C)cc(OC)cc2c1C(C)C. The van der Waals surface area contributed by atoms with Gasteiger partial charge in [-0.1, -0.05) is 13.8 Å². The van der Waals surface area contributed by atoms with E-state index < -0.39 is 0 Å². The zero-order chi connectivity index (χ0) is 13.3. The van der Waals surface area contributed by atoms with Gasteiger partial charge in [-0.05, 0) is 43.1 Å². The molecule has 3 nitrogen and oxygen atoms in total. The molecule has 0 aliphatic rings. The molecule has 2 aromatic rings. The molecule has 1 aromatic heterocycles. The van der Waals surface area contributed by atoms with Crippen LogP contribution in [-0.2, 0) is 6.54 Å². The molecular weight excluding hydrogens is 224 g/mol. The molecule has 0 spiro atoms. The Balaban J connectivity index is 2.73. The molecule has 1 heterocycles. The van der Waals surface area contributed by atoms with Gasteiger partial charge in [0.15, 0.2) is 0 Å². The summed E-state index contributed by atoms with van der Waals surface area (Å²) >= 11 is 0. The number of hydrogen-bond acceptors (Lipinski definition) is 2. The van der Waals surface area contributed by atoms with E-state index in [2.05, 4.69) is 43.2 Å². The van der Waals surface area contributed by atoms with Crippen LogP contribution in [-0.4, -0.2) is 19.1 Å². The highest BCUT2D eigenvalue weighted by Crippen LogP contribution is 2.33. The van der Waals surface area contributed by atoms with E-state index in [9.17, 15) is 0 Å². The summed E-state index contributed by atoms with van der Waals surface area (Å²) in [6.07, 6.45) is 0. The van der Waals surface area contributed by atoms with Crippen LogP contribution < -0.4 is 10.1 Å². The summed E-state index contributed by atoms with van der Waals surface area (Å²) in [7, 11) is 3.69. The molecule has 2 rings (SSSR count). The molecule has 18 heavy (non-hydrogen) atoms. The zero-order valence-electron chi connectivity index (χ0n) is 11.8. The standard InChI is InChI=1S/C15H22N2O/c1-9(2)14-12-7-11(18-5)6-10(3)15(12)17-13(14)8-16-4/h6-7,9,16-17H,8H2,1-5H3. The Labute approximate surface area is 109 Å². The average Bonchev–Trinajstić information content (AvgIpc) is 2.68. The second kappa shape index (κ2) is 5.02. The van der Waals surface area contributed by atoms with Gasteiger partial charge in [-0.2, -0.15) is 0 Å². The van der Waals surface area contributed by atoms with E-state index in [1.165, 1.54) is 27.7 Å². The second-order valence-corrected chi connectivity index (χ2v) is 5.07. The van der Waals surface area contributed by atoms with Crippen LogP contribution >= 0.6 is 0 Å². The molecule has 0 fully saturated rings. The van der Waals surface area contributed by atoms with Crippen molar-refractivity contribution in [3.05, 3.63) is 29.0 Å². The van der Waals surface area contributed by atoms with Crippen LogP contribution in [0.1, 0.15) is 36.6 Å². The van der Waals surface area contributed by atoms with Crippen molar-refractivity contribution < 1.29 is 4.74 Å². The maximum absolute atomic E-state index is 5.38. The van der Waals surface area contributed by atoms with Crippen molar-refractivity contribution >= 4 is 10.9 Å². The first kappa shape index (κ1) is 13.0. The Hall–Kier alpha value is -1.48. The molecule has 0 aliphatic heterocycles. The van der Waals surface area contributed by atoms with Crippen molar-refractivity contribution in [3.8, 4) is 5.75 Å². The number of fused-ring (bicyclic) bond motifs is 1. The van der Waals surface area contributed by atoms with Gasteiger partial charge in [0, 0.05) is 23.1 Å². The van der Waals surface area contributed by atoms with Crippen LogP contribution in [0, 0.1) is 6.92 Å². The van der Waals surface area contributed by atoms with Crippen molar-refractivity contribution in [1.29, 1.82) is 0 Å². The molecule has 0 saturated heterocycles. The third kappa shape index (κ3) is 2.10. The molecule has 3 heteroatoms. The van der Waals surface area contributed by atoms with Crippen LogP contribution in [0.15, 0.2) is 12.1 Å². The molecule has 0 unspecified atom stereocenters. The first-order chi connectivity index (χ1) is 8.58. The van der Waals surface area contributed by atoms with E-state index in [1.54, 1.807) is 7.11 Å². The van der Waals surface area contributed by atoms with Crippen molar-refractivity contribution in [2.24, 2.45) is 0 Å². The first-order valence-corrected chi connectivity index (χ1v) is 6.42. The van der Waals surface area contributed by atoms with Gasteiger partial charge in [-0.25, -0.2) is 0 Å². The smallest absolute Gasteiger partial charge is 0.119 e. The van der Waals surface area contributed by atoms with Crippen LogP contribution in [0.2, 0.25) is 0 Å². The number of benzene rings is 1. The zero-order valence-corrected chi connectivity index (χ0v) is 11.8. The summed E-state index contributed by atoms with van der Waals surface area (Å²) in [6.45, 7) is 7.45. The number of rotatable bonds is 4. The van der Waals surface area contributed by atoms with Gasteiger partial charge in [0.1, 0.15) is 5.75 Å². The van der Waals surface area contributed by atoms with Gasteiger partial charge in [-0.3, -0.25) is 0 Å². The van der Waals surface area contributed by atoms with E-state index in [0.29, 0.717) is 5.92 Å². The number of aromatic nitrogens is 1. The molecule has 0 radical (unpaired) electrons. The number of nitrogens with one attached hydrogen (secondary N) is 2. The number of methoxy groups -OCH3 is 1. The Morgan fingerprint density at radius 3 is 2.61 bits per heavy atom. The van der Waals surface area contributed by atoms with Gasteiger partial charge in [0.25, 0.3) is 0 Å². The summed E-state index contributed by atoms with van der Waals surface area (Å²) in [4.78, 5) is 3.55. The minimum atomic E-state index is 0.494. The quantitative estimate of drug-likeness (QED) is 0.868. The van der Waals surface area contributed by atoms with Crippen molar-refractivity contribution in [2.75, 3.05) is 14.2 Å². The van der Waals surface area contributed by atoms with Gasteiger partial charge < -0.3 is 15.0 Å². The molecule has 0 aliphatic carbocycles. The molecule has 1 aromatic carbocycles. The van der Waals surface area contributed by atoms with Crippen LogP contribution in [0.5, 0.6) is 5.75 Å². The molecule has 98 valence electrons. The van der Waals surface area contributed by atoms with Gasteiger partial charge in [0.05, 0.1) is 7.11 Å². The van der Waals surface area contributed by atoms with Crippen LogP contribution in [0.4, 0.5) is 0 Å². The first-order valence-electron chi connectivity index (χ1n) is 6.42. The van der Waals surface area contributed by atoms with Gasteiger partial charge in [-0.15, -0.1) is 0 Å². The lowest BCUT2D eigenvalue weighted by atomic mass is 9.98. The highest BCUT2D eigenvalue weighted by molar-refractivity contribution is 5.89. The second-order valence-electron chi connectivity index (χ2n) is 5.07. The largest absolute Gasteiger partial charge is 0.497 e. The number of hydrogen-bond donors (Lipinski definition) is 2. The molecule has 0 bridgehead atoms. The fraction of sp³-hybridized carbons (Fsp3) is 0.467. The predicted molar refractivity (Wildman–Crippen MR) is 76.4 cm³/mol. The lowest BCUT2D eigenvalue weighted by molar-refractivity contribution is 0.415. The van der Waals surface area contributed by atoms with Crippen molar-refractivity contribution in [1.82, 2.24) is 10.3 Å². The van der Waals surface area contributed by atoms with Crippen LogP contribution in [0.25, 0.3) is 10.9 Å². The number of ether oxygens (including phenoxy) is 1. The van der Waals surface area contributed by atoms with Crippen molar-refractivity contribution in [3.63, 3.8) is 0 Å². The Morgan fingerprint density at radius 2 is 2.06 bits per heavy atom. The summed E-state index contributed by atoms with van der Waals surface area (Å²) in [5.41, 5.74) is 5.12. The Kier molecular flexibility index (Phi) is 3.62. The third-order valence-corrected chi connectivity index (χ3v) is 3.37. The molecule has 0 atom stereocenters. The maximum Gasteiger partial charge on any atom is 0.119 e. The van der Waals surface area contributed by atoms with E-state index in [-0.39, 0.29) is 0 Å². The minimum Gasteiger partial charge on any atom is -0.497 e. The van der Waals surface area contributed by atoms with E-state index in [4.69, 9.17) is 4.74 Å². The predicted octanol–water partition coefficient (Wildman–Crippen LogP) is 3.33. The molecule has 2 N–H and O–H groups in total. The maximum atomic E-state index is 5.38. The van der Waals surface area contributed by atoms with E-state index in [0.717, 1.165) is 12.3 Å².